The minimum atomic E-state index is -0.961. The van der Waals surface area contributed by atoms with Crippen LogP contribution in [-0.4, -0.2) is 70.2 Å². The maximum atomic E-state index is 14.6. The van der Waals surface area contributed by atoms with Crippen molar-refractivity contribution in [2.45, 2.75) is 91.8 Å². The number of aliphatic carboxylic acids is 1. The Labute approximate surface area is 273 Å². The number of carbonyl (C=O) groups is 3. The molecule has 2 N–H and O–H groups in total. The van der Waals surface area contributed by atoms with Crippen LogP contribution in [0.3, 0.4) is 0 Å². The third-order valence-electron chi connectivity index (χ3n) is 8.85. The Kier molecular flexibility index (Phi) is 11.1. The Morgan fingerprint density at radius 3 is 2.31 bits per heavy atom. The summed E-state index contributed by atoms with van der Waals surface area (Å²) in [7, 11) is 0. The van der Waals surface area contributed by atoms with Crippen LogP contribution in [0.2, 0.25) is 5.02 Å². The second kappa shape index (κ2) is 14.5. The quantitative estimate of drug-likeness (QED) is 0.264. The predicted octanol–water partition coefficient (Wildman–Crippen LogP) is 6.89. The van der Waals surface area contributed by atoms with Crippen LogP contribution < -0.4 is 5.32 Å². The number of likely N-dealkylation sites (tertiary alicyclic amines) is 1. The molecule has 2 amide bonds. The van der Waals surface area contributed by atoms with Crippen LogP contribution >= 0.6 is 11.6 Å². The average Bonchev–Trinajstić information content (AvgIpc) is 3.23. The zero-order valence-corrected chi connectivity index (χ0v) is 28.4. The van der Waals surface area contributed by atoms with Crippen LogP contribution in [0.4, 0.5) is 0 Å². The molecule has 1 atom stereocenters. The summed E-state index contributed by atoms with van der Waals surface area (Å²) in [4.78, 5) is 48.0. The molecule has 8 nitrogen and oxygen atoms in total. The average molecular weight is 637 g/mol. The molecule has 0 aliphatic carbocycles. The largest absolute Gasteiger partial charge is 0.481 e. The van der Waals surface area contributed by atoms with Gasteiger partial charge in [-0.3, -0.25) is 19.4 Å². The molecule has 2 aliphatic rings. The van der Waals surface area contributed by atoms with Crippen LogP contribution in [0.1, 0.15) is 106 Å². The van der Waals surface area contributed by atoms with Crippen LogP contribution in [0, 0.1) is 18.3 Å². The minimum Gasteiger partial charge on any atom is -0.481 e. The molecule has 1 saturated heterocycles. The zero-order chi connectivity index (χ0) is 32.9. The van der Waals surface area contributed by atoms with Crippen LogP contribution in [0.5, 0.6) is 0 Å². The Hall–Kier alpha value is -3.23. The first kappa shape index (κ1) is 34.6. The van der Waals surface area contributed by atoms with Crippen LogP contribution in [0.25, 0.3) is 0 Å². The van der Waals surface area contributed by atoms with E-state index in [0.29, 0.717) is 22.2 Å². The van der Waals surface area contributed by atoms with E-state index in [-0.39, 0.29) is 36.2 Å². The highest BCUT2D eigenvalue weighted by Crippen LogP contribution is 2.45. The van der Waals surface area contributed by atoms with Gasteiger partial charge in [0.2, 0.25) is 0 Å². The number of hydrogen-bond acceptors (Lipinski definition) is 5. The predicted molar refractivity (Wildman–Crippen MR) is 180 cm³/mol. The van der Waals surface area contributed by atoms with E-state index in [1.165, 1.54) is 0 Å². The molecule has 0 saturated carbocycles. The van der Waals surface area contributed by atoms with E-state index in [4.69, 9.17) is 21.7 Å². The lowest BCUT2D eigenvalue weighted by Crippen LogP contribution is -2.55. The number of rotatable bonds is 12. The fraction of sp³-hybridized carbons (Fsp3) is 0.556. The SMILES string of the molecule is Cc1cc(Cl)cc(C2=NC3(CCN(CCC(C)C)CC3)N(C(CCC(C)(C)C)c3ccc(C(=O)NCCC(=O)O)cc3)C2=O)c1. The summed E-state index contributed by atoms with van der Waals surface area (Å²) in [6.45, 7) is 15.9. The van der Waals surface area contributed by atoms with Gasteiger partial charge in [0.05, 0.1) is 12.5 Å². The minimum absolute atomic E-state index is 0.0477. The number of aryl methyl sites for hydroxylation is 1. The molecule has 0 bridgehead atoms. The fourth-order valence-electron chi connectivity index (χ4n) is 6.29. The number of nitrogens with one attached hydrogen (secondary N) is 1. The molecule has 45 heavy (non-hydrogen) atoms. The summed E-state index contributed by atoms with van der Waals surface area (Å²) < 4.78 is 0. The van der Waals surface area contributed by atoms with Gasteiger partial charge in [-0.15, -0.1) is 0 Å². The number of carboxylic acids is 1. The van der Waals surface area contributed by atoms with Gasteiger partial charge in [0.25, 0.3) is 11.8 Å². The highest BCUT2D eigenvalue weighted by atomic mass is 35.5. The number of carbonyl (C=O) groups excluding carboxylic acids is 2. The van der Waals surface area contributed by atoms with Crippen LogP contribution in [-0.2, 0) is 9.59 Å². The van der Waals surface area contributed by atoms with Gasteiger partial charge in [-0.25, -0.2) is 0 Å². The number of nitrogens with zero attached hydrogens (tertiary/aromatic N) is 3. The monoisotopic (exact) mass is 636 g/mol. The highest BCUT2D eigenvalue weighted by molar-refractivity contribution is 6.47. The van der Waals surface area contributed by atoms with Gasteiger partial charge in [0.1, 0.15) is 11.4 Å². The molecule has 2 aromatic carbocycles. The summed E-state index contributed by atoms with van der Waals surface area (Å²) >= 11 is 6.47. The van der Waals surface area contributed by atoms with Gasteiger partial charge < -0.3 is 20.2 Å². The van der Waals surface area contributed by atoms with E-state index in [2.05, 4.69) is 44.8 Å². The van der Waals surface area contributed by atoms with Gasteiger partial charge in [-0.05, 0) is 85.5 Å². The van der Waals surface area contributed by atoms with Gasteiger partial charge in [-0.1, -0.05) is 58.4 Å². The van der Waals surface area contributed by atoms with Crippen molar-refractivity contribution in [3.05, 3.63) is 69.7 Å². The lowest BCUT2D eigenvalue weighted by atomic mass is 9.84. The normalized spacial score (nSPS) is 17.6. The smallest absolute Gasteiger partial charge is 0.305 e. The van der Waals surface area contributed by atoms with Crippen molar-refractivity contribution < 1.29 is 19.5 Å². The molecule has 244 valence electrons. The van der Waals surface area contributed by atoms with Crippen molar-refractivity contribution in [3.63, 3.8) is 0 Å². The van der Waals surface area contributed by atoms with E-state index in [9.17, 15) is 14.4 Å². The fourth-order valence-corrected chi connectivity index (χ4v) is 6.58. The topological polar surface area (TPSA) is 102 Å². The van der Waals surface area contributed by atoms with Gasteiger partial charge in [-0.2, -0.15) is 0 Å². The number of amides is 2. The number of hydrogen-bond donors (Lipinski definition) is 2. The molecule has 4 rings (SSSR count). The number of aliphatic imine (C=N–C) groups is 1. The van der Waals surface area contributed by atoms with Gasteiger partial charge in [0.15, 0.2) is 0 Å². The Balaban J connectivity index is 1.71. The number of benzene rings is 2. The molecule has 2 heterocycles. The van der Waals surface area contributed by atoms with E-state index < -0.39 is 11.6 Å². The van der Waals surface area contributed by atoms with Crippen molar-refractivity contribution in [2.24, 2.45) is 16.3 Å². The molecule has 2 aromatic rings. The molecular formula is C36H49ClN4O4. The summed E-state index contributed by atoms with van der Waals surface area (Å²) in [5.41, 5.74) is 2.97. The Morgan fingerprint density at radius 2 is 1.73 bits per heavy atom. The molecular weight excluding hydrogens is 588 g/mol. The van der Waals surface area contributed by atoms with E-state index >= 15 is 0 Å². The summed E-state index contributed by atoms with van der Waals surface area (Å²) in [6.07, 6.45) is 4.13. The van der Waals surface area contributed by atoms with Crippen molar-refractivity contribution in [3.8, 4) is 0 Å². The second-order valence-corrected chi connectivity index (χ2v) is 14.7. The lowest BCUT2D eigenvalue weighted by Gasteiger charge is -2.46. The maximum absolute atomic E-state index is 14.6. The van der Waals surface area contributed by atoms with E-state index in [0.717, 1.165) is 68.4 Å². The first-order chi connectivity index (χ1) is 21.2. The molecule has 0 radical (unpaired) electrons. The second-order valence-electron chi connectivity index (χ2n) is 14.3. The standard InChI is InChI=1S/C36H49ClN4O4/c1-24(2)13-18-40-19-15-36(16-20-40)39-32(28-21-25(3)22-29(37)23-28)34(45)41(36)30(11-14-35(4,5)6)26-7-9-27(10-8-26)33(44)38-17-12-31(42)43/h7-10,21-24,30H,11-20H2,1-6H3,(H,38,44)(H,42,43). The number of carboxylic acid groups (broad SMARTS) is 1. The Bertz CT molecular complexity index is 1380. The maximum Gasteiger partial charge on any atom is 0.305 e. The Morgan fingerprint density at radius 1 is 1.07 bits per heavy atom. The lowest BCUT2D eigenvalue weighted by molar-refractivity contribution is -0.137. The van der Waals surface area contributed by atoms with Crippen molar-refractivity contribution in [2.75, 3.05) is 26.2 Å². The zero-order valence-electron chi connectivity index (χ0n) is 27.7. The summed E-state index contributed by atoms with van der Waals surface area (Å²) in [5.74, 6) is -0.734. The number of halogens is 1. The summed E-state index contributed by atoms with van der Waals surface area (Å²) in [6, 6.07) is 12.8. The van der Waals surface area contributed by atoms with Gasteiger partial charge in [0, 0.05) is 48.6 Å². The van der Waals surface area contributed by atoms with E-state index in [1.807, 2.05) is 42.2 Å². The molecule has 1 unspecified atom stereocenters. The summed E-state index contributed by atoms with van der Waals surface area (Å²) in [5, 5.41) is 12.2. The third-order valence-corrected chi connectivity index (χ3v) is 9.06. The number of piperidine rings is 1. The van der Waals surface area contributed by atoms with E-state index in [1.54, 1.807) is 12.1 Å². The first-order valence-electron chi connectivity index (χ1n) is 16.2. The molecule has 2 aliphatic heterocycles. The first-order valence-corrected chi connectivity index (χ1v) is 16.6. The van der Waals surface area contributed by atoms with Crippen molar-refractivity contribution >= 4 is 35.1 Å². The molecule has 9 heteroatoms. The molecule has 0 aromatic heterocycles. The van der Waals surface area contributed by atoms with Crippen LogP contribution in [0.15, 0.2) is 47.5 Å². The van der Waals surface area contributed by atoms with Crippen molar-refractivity contribution in [1.82, 2.24) is 15.1 Å². The third kappa shape index (κ3) is 8.95. The highest BCUT2D eigenvalue weighted by Gasteiger charge is 2.51. The van der Waals surface area contributed by atoms with Gasteiger partial charge >= 0.3 is 5.97 Å². The molecule has 1 fully saturated rings. The van der Waals surface area contributed by atoms with Crippen molar-refractivity contribution in [1.29, 1.82) is 0 Å². The molecule has 1 spiro atoms.